The van der Waals surface area contributed by atoms with Crippen molar-refractivity contribution in [3.8, 4) is 0 Å². The van der Waals surface area contributed by atoms with E-state index >= 15 is 0 Å². The molecular formula is C23H20F6N2O6S. The molecule has 3 rings (SSSR count). The summed E-state index contributed by atoms with van der Waals surface area (Å²) in [6, 6.07) is 4.97. The minimum Gasteiger partial charge on any atom is -0.481 e. The van der Waals surface area contributed by atoms with E-state index in [0.29, 0.717) is 17.7 Å². The molecule has 0 saturated carbocycles. The number of alkyl halides is 6. The van der Waals surface area contributed by atoms with Crippen molar-refractivity contribution in [2.45, 2.75) is 48.6 Å². The predicted molar refractivity (Wildman–Crippen MR) is 120 cm³/mol. The van der Waals surface area contributed by atoms with Crippen molar-refractivity contribution in [3.05, 3.63) is 59.2 Å². The molecule has 0 aromatic heterocycles. The molecule has 1 atom stereocenters. The number of benzene rings is 2. The Kier molecular flexibility index (Phi) is 7.31. The minimum atomic E-state index is -6.01. The van der Waals surface area contributed by atoms with Crippen molar-refractivity contribution in [1.82, 2.24) is 4.90 Å². The number of nitrogens with one attached hydrogen (secondary N) is 1. The standard InChI is InChI=1S/C23H20F6N2O6S/c1-12(32)31-11-13-9-16(38(2,36)37)7-8-17(13)19(31)20(35)30-15-5-3-14(4-6-15)21(10-18(33)34,22(24,25)26)23(27,28)29/h3-9,19H,10-11H2,1-2H3,(H,30,35)(H,33,34)/t19-/m0/s1. The van der Waals surface area contributed by atoms with Gasteiger partial charge in [-0.2, -0.15) is 26.3 Å². The molecule has 0 fully saturated rings. The normalized spacial score (nSPS) is 16.2. The van der Waals surface area contributed by atoms with E-state index in [1.165, 1.54) is 18.2 Å². The highest BCUT2D eigenvalue weighted by Gasteiger charge is 2.72. The lowest BCUT2D eigenvalue weighted by atomic mass is 9.76. The number of aliphatic carboxylic acids is 1. The van der Waals surface area contributed by atoms with E-state index in [4.69, 9.17) is 5.11 Å². The van der Waals surface area contributed by atoms with E-state index in [-0.39, 0.29) is 22.7 Å². The van der Waals surface area contributed by atoms with Crippen molar-refractivity contribution in [1.29, 1.82) is 0 Å². The molecule has 2 aromatic carbocycles. The number of sulfone groups is 1. The Hall–Kier alpha value is -3.62. The number of anilines is 1. The van der Waals surface area contributed by atoms with Gasteiger partial charge in [0.05, 0.1) is 11.3 Å². The van der Waals surface area contributed by atoms with Gasteiger partial charge in [0, 0.05) is 25.4 Å². The Morgan fingerprint density at radius 2 is 1.55 bits per heavy atom. The van der Waals surface area contributed by atoms with E-state index in [1.807, 2.05) is 0 Å². The molecule has 8 nitrogen and oxygen atoms in total. The molecule has 15 heteroatoms. The largest absolute Gasteiger partial charge is 0.481 e. The maximum Gasteiger partial charge on any atom is 0.407 e. The number of rotatable bonds is 6. The summed E-state index contributed by atoms with van der Waals surface area (Å²) in [5.41, 5.74) is -5.65. The number of hydrogen-bond donors (Lipinski definition) is 2. The molecular weight excluding hydrogens is 546 g/mol. The Balaban J connectivity index is 1.97. The van der Waals surface area contributed by atoms with Crippen molar-refractivity contribution in [2.75, 3.05) is 11.6 Å². The molecule has 0 bridgehead atoms. The fourth-order valence-electron chi connectivity index (χ4n) is 4.30. The van der Waals surface area contributed by atoms with Crippen LogP contribution in [0.15, 0.2) is 47.4 Å². The van der Waals surface area contributed by atoms with Crippen LogP contribution in [0.4, 0.5) is 32.0 Å². The molecule has 0 radical (unpaired) electrons. The summed E-state index contributed by atoms with van der Waals surface area (Å²) in [5.74, 6) is -3.73. The number of nitrogens with zero attached hydrogens (tertiary/aromatic N) is 1. The van der Waals surface area contributed by atoms with Gasteiger partial charge in [-0.1, -0.05) is 18.2 Å². The van der Waals surface area contributed by atoms with Crippen molar-refractivity contribution < 1.29 is 54.3 Å². The zero-order valence-corrected chi connectivity index (χ0v) is 20.5. The number of carbonyl (C=O) groups excluding carboxylic acids is 2. The van der Waals surface area contributed by atoms with Crippen LogP contribution in [0.25, 0.3) is 0 Å². The maximum absolute atomic E-state index is 13.7. The second-order valence-corrected chi connectivity index (χ2v) is 10.7. The molecule has 1 aliphatic rings. The fourth-order valence-corrected chi connectivity index (χ4v) is 4.97. The highest BCUT2D eigenvalue weighted by atomic mass is 32.2. The average molecular weight is 566 g/mol. The van der Waals surface area contributed by atoms with Gasteiger partial charge in [0.25, 0.3) is 5.91 Å². The lowest BCUT2D eigenvalue weighted by Gasteiger charge is -2.36. The summed E-state index contributed by atoms with van der Waals surface area (Å²) < 4.78 is 106. The number of fused-ring (bicyclic) bond motifs is 1. The number of carbonyl (C=O) groups is 3. The Labute approximate surface area is 212 Å². The van der Waals surface area contributed by atoms with E-state index in [1.54, 1.807) is 0 Å². The molecule has 0 spiro atoms. The number of carboxylic acid groups (broad SMARTS) is 1. The van der Waals surface area contributed by atoms with Gasteiger partial charge in [-0.05, 0) is 41.0 Å². The third-order valence-corrected chi connectivity index (χ3v) is 7.28. The monoisotopic (exact) mass is 566 g/mol. The molecule has 2 N–H and O–H groups in total. The SMILES string of the molecule is CC(=O)N1Cc2cc(S(C)(=O)=O)ccc2[C@H]1C(=O)Nc1ccc(C(CC(=O)O)(C(F)(F)F)C(F)(F)F)cc1. The highest BCUT2D eigenvalue weighted by Crippen LogP contribution is 2.54. The van der Waals surface area contributed by atoms with Gasteiger partial charge in [-0.25, -0.2) is 8.42 Å². The van der Waals surface area contributed by atoms with E-state index in [0.717, 1.165) is 30.2 Å². The van der Waals surface area contributed by atoms with Crippen molar-refractivity contribution >= 4 is 33.3 Å². The lowest BCUT2D eigenvalue weighted by molar-refractivity contribution is -0.304. The smallest absolute Gasteiger partial charge is 0.407 e. The van der Waals surface area contributed by atoms with Gasteiger partial charge in [0.15, 0.2) is 15.3 Å². The third kappa shape index (κ3) is 5.19. The molecule has 2 aromatic rings. The van der Waals surface area contributed by atoms with Gasteiger partial charge < -0.3 is 15.3 Å². The highest BCUT2D eigenvalue weighted by molar-refractivity contribution is 7.90. The molecule has 2 amide bonds. The molecule has 206 valence electrons. The van der Waals surface area contributed by atoms with Crippen LogP contribution in [0.5, 0.6) is 0 Å². The number of halogens is 6. The summed E-state index contributed by atoms with van der Waals surface area (Å²) in [5, 5.41) is 11.1. The first-order chi connectivity index (χ1) is 17.3. The molecule has 0 saturated heterocycles. The van der Waals surface area contributed by atoms with Gasteiger partial charge in [0.2, 0.25) is 5.91 Å². The first-order valence-electron chi connectivity index (χ1n) is 10.7. The van der Waals surface area contributed by atoms with Crippen molar-refractivity contribution in [2.24, 2.45) is 0 Å². The quantitative estimate of drug-likeness (QED) is 0.511. The summed E-state index contributed by atoms with van der Waals surface area (Å²) in [6.45, 7) is 1.05. The second kappa shape index (κ2) is 9.60. The lowest BCUT2D eigenvalue weighted by Crippen LogP contribution is -2.55. The number of amides is 2. The molecule has 0 aliphatic carbocycles. The van der Waals surface area contributed by atoms with E-state index in [2.05, 4.69) is 5.32 Å². The Bertz CT molecular complexity index is 1370. The number of hydrogen-bond acceptors (Lipinski definition) is 5. The molecule has 38 heavy (non-hydrogen) atoms. The van der Waals surface area contributed by atoms with Crippen LogP contribution < -0.4 is 5.32 Å². The van der Waals surface area contributed by atoms with Crippen molar-refractivity contribution in [3.63, 3.8) is 0 Å². The minimum absolute atomic E-state index is 0.0458. The third-order valence-electron chi connectivity index (χ3n) is 6.17. The maximum atomic E-state index is 13.7. The first kappa shape index (κ1) is 28.9. The summed E-state index contributed by atoms with van der Waals surface area (Å²) in [6.07, 6.45) is -13.3. The fraction of sp³-hybridized carbons (Fsp3) is 0.348. The van der Waals surface area contributed by atoms with Gasteiger partial charge >= 0.3 is 18.3 Å². The zero-order chi connectivity index (χ0) is 28.8. The molecule has 0 unspecified atom stereocenters. The van der Waals surface area contributed by atoms with Crippen LogP contribution >= 0.6 is 0 Å². The van der Waals surface area contributed by atoms with Crippen LogP contribution in [-0.2, 0) is 36.2 Å². The Morgan fingerprint density at radius 1 is 1.00 bits per heavy atom. The number of carboxylic acids is 1. The van der Waals surface area contributed by atoms with Gasteiger partial charge in [-0.3, -0.25) is 14.4 Å². The van der Waals surface area contributed by atoms with Gasteiger partial charge in [0.1, 0.15) is 6.04 Å². The average Bonchev–Trinajstić information content (AvgIpc) is 3.15. The van der Waals surface area contributed by atoms with E-state index < -0.39 is 63.4 Å². The summed E-state index contributed by atoms with van der Waals surface area (Å²) in [4.78, 5) is 37.3. The van der Waals surface area contributed by atoms with Crippen LogP contribution in [0.1, 0.15) is 36.1 Å². The second-order valence-electron chi connectivity index (χ2n) is 8.72. The topological polar surface area (TPSA) is 121 Å². The van der Waals surface area contributed by atoms with Crippen LogP contribution in [0.3, 0.4) is 0 Å². The van der Waals surface area contributed by atoms with Crippen LogP contribution in [-0.4, -0.2) is 54.8 Å². The molecule has 1 aliphatic heterocycles. The predicted octanol–water partition coefficient (Wildman–Crippen LogP) is 3.97. The Morgan fingerprint density at radius 3 is 2.00 bits per heavy atom. The van der Waals surface area contributed by atoms with Crippen LogP contribution in [0, 0.1) is 0 Å². The van der Waals surface area contributed by atoms with Gasteiger partial charge in [-0.15, -0.1) is 0 Å². The summed E-state index contributed by atoms with van der Waals surface area (Å²) in [7, 11) is -3.59. The summed E-state index contributed by atoms with van der Waals surface area (Å²) >= 11 is 0. The van der Waals surface area contributed by atoms with Crippen LogP contribution in [0.2, 0.25) is 0 Å². The first-order valence-corrected chi connectivity index (χ1v) is 12.6. The van der Waals surface area contributed by atoms with E-state index in [9.17, 15) is 49.1 Å². The zero-order valence-electron chi connectivity index (χ0n) is 19.6. The molecule has 1 heterocycles.